The van der Waals surface area contributed by atoms with E-state index in [0.29, 0.717) is 31.1 Å². The maximum Gasteiger partial charge on any atom is 0.343 e. The van der Waals surface area contributed by atoms with Gasteiger partial charge in [0, 0.05) is 18.7 Å². The fourth-order valence-corrected chi connectivity index (χ4v) is 4.43. The Bertz CT molecular complexity index is 996. The predicted octanol–water partition coefficient (Wildman–Crippen LogP) is 2.66. The first-order valence-electron chi connectivity index (χ1n) is 9.13. The lowest BCUT2D eigenvalue weighted by molar-refractivity contribution is 0.0726. The fourth-order valence-electron chi connectivity index (χ4n) is 2.98. The van der Waals surface area contributed by atoms with Crippen molar-refractivity contribution < 1.29 is 27.4 Å². The van der Waals surface area contributed by atoms with Gasteiger partial charge < -0.3 is 14.2 Å². The summed E-state index contributed by atoms with van der Waals surface area (Å²) in [5.41, 5.74) is 0.893. The number of rotatable bonds is 7. The van der Waals surface area contributed by atoms with Crippen molar-refractivity contribution in [3.63, 3.8) is 0 Å². The lowest BCUT2D eigenvalue weighted by atomic mass is 10.1. The summed E-state index contributed by atoms with van der Waals surface area (Å²) in [5.74, 6) is 0.372. The number of nitrogens with zero attached hydrogens (tertiary/aromatic N) is 1. The summed E-state index contributed by atoms with van der Waals surface area (Å²) in [7, 11) is -2.15. The Morgan fingerprint density at radius 3 is 2.66 bits per heavy atom. The van der Waals surface area contributed by atoms with Crippen LogP contribution in [-0.4, -0.2) is 52.1 Å². The monoisotopic (exact) mass is 417 g/mol. The Balaban J connectivity index is 1.84. The number of sulfonamides is 1. The molecule has 0 amide bonds. The van der Waals surface area contributed by atoms with Crippen molar-refractivity contribution in [1.29, 1.82) is 0 Å². The molecule has 154 valence electrons. The highest BCUT2D eigenvalue weighted by Crippen LogP contribution is 2.26. The number of allylic oxidation sites excluding steroid dienone is 1. The van der Waals surface area contributed by atoms with E-state index >= 15 is 0 Å². The molecule has 0 spiro atoms. The zero-order valence-electron chi connectivity index (χ0n) is 16.2. The van der Waals surface area contributed by atoms with Crippen molar-refractivity contribution in [2.45, 2.75) is 11.3 Å². The molecule has 1 aliphatic heterocycles. The number of carbonyl (C=O) groups excluding carboxylic acids is 1. The molecule has 2 aromatic rings. The van der Waals surface area contributed by atoms with Crippen LogP contribution in [0.3, 0.4) is 0 Å². The van der Waals surface area contributed by atoms with Crippen molar-refractivity contribution in [3.8, 4) is 11.5 Å². The van der Waals surface area contributed by atoms with Crippen LogP contribution in [0.1, 0.15) is 15.9 Å². The Labute approximate surface area is 170 Å². The number of benzene rings is 2. The van der Waals surface area contributed by atoms with E-state index in [0.717, 1.165) is 5.56 Å². The average molecular weight is 417 g/mol. The minimum atomic E-state index is -3.70. The van der Waals surface area contributed by atoms with Crippen molar-refractivity contribution in [2.24, 2.45) is 0 Å². The number of hydrogen-bond acceptors (Lipinski definition) is 6. The summed E-state index contributed by atoms with van der Waals surface area (Å²) in [6, 6.07) is 11.0. The SMILES string of the molecule is C=CCc1cc(OC)ccc1OC(=O)c1cccc(S(=O)(=O)N2CCOCC2)c1. The van der Waals surface area contributed by atoms with Gasteiger partial charge in [0.25, 0.3) is 0 Å². The lowest BCUT2D eigenvalue weighted by Gasteiger charge is -2.26. The first-order chi connectivity index (χ1) is 14.0. The van der Waals surface area contributed by atoms with Crippen molar-refractivity contribution in [1.82, 2.24) is 4.31 Å². The third kappa shape index (κ3) is 4.84. The first kappa shape index (κ1) is 21.0. The van der Waals surface area contributed by atoms with E-state index in [1.807, 2.05) is 0 Å². The quantitative estimate of drug-likeness (QED) is 0.391. The predicted molar refractivity (Wildman–Crippen MR) is 108 cm³/mol. The van der Waals surface area contributed by atoms with E-state index < -0.39 is 16.0 Å². The normalized spacial score (nSPS) is 14.9. The molecule has 0 atom stereocenters. The smallest absolute Gasteiger partial charge is 0.343 e. The van der Waals surface area contributed by atoms with E-state index in [4.69, 9.17) is 14.2 Å². The van der Waals surface area contributed by atoms with Crippen LogP contribution in [0.5, 0.6) is 11.5 Å². The molecule has 8 heteroatoms. The molecule has 0 bridgehead atoms. The highest BCUT2D eigenvalue weighted by atomic mass is 32.2. The van der Waals surface area contributed by atoms with Crippen LogP contribution >= 0.6 is 0 Å². The largest absolute Gasteiger partial charge is 0.497 e. The number of esters is 1. The lowest BCUT2D eigenvalue weighted by Crippen LogP contribution is -2.40. The molecule has 29 heavy (non-hydrogen) atoms. The number of hydrogen-bond donors (Lipinski definition) is 0. The van der Waals surface area contributed by atoms with Gasteiger partial charge in [-0.2, -0.15) is 4.31 Å². The number of carbonyl (C=O) groups is 1. The van der Waals surface area contributed by atoms with E-state index in [9.17, 15) is 13.2 Å². The molecule has 0 saturated carbocycles. The van der Waals surface area contributed by atoms with Crippen molar-refractivity contribution >= 4 is 16.0 Å². The molecule has 0 N–H and O–H groups in total. The van der Waals surface area contributed by atoms with Gasteiger partial charge in [-0.1, -0.05) is 12.1 Å². The van der Waals surface area contributed by atoms with Crippen molar-refractivity contribution in [3.05, 3.63) is 66.2 Å². The molecule has 3 rings (SSSR count). The molecule has 1 fully saturated rings. The molecule has 7 nitrogen and oxygen atoms in total. The molecule has 0 radical (unpaired) electrons. The van der Waals surface area contributed by atoms with Crippen LogP contribution in [0.25, 0.3) is 0 Å². The third-order valence-corrected chi connectivity index (χ3v) is 6.41. The van der Waals surface area contributed by atoms with Gasteiger partial charge in [-0.25, -0.2) is 13.2 Å². The Morgan fingerprint density at radius 1 is 1.21 bits per heavy atom. The van der Waals surface area contributed by atoms with Gasteiger partial charge in [0.1, 0.15) is 11.5 Å². The number of morpholine rings is 1. The maximum atomic E-state index is 12.8. The zero-order valence-corrected chi connectivity index (χ0v) is 17.0. The van der Waals surface area contributed by atoms with E-state index in [1.165, 1.54) is 28.6 Å². The van der Waals surface area contributed by atoms with Crippen LogP contribution < -0.4 is 9.47 Å². The van der Waals surface area contributed by atoms with Crippen LogP contribution in [0.15, 0.2) is 60.0 Å². The summed E-state index contributed by atoms with van der Waals surface area (Å²) in [6.07, 6.45) is 2.19. The molecular weight excluding hydrogens is 394 g/mol. The number of ether oxygens (including phenoxy) is 3. The van der Waals surface area contributed by atoms with E-state index in [1.54, 1.807) is 31.4 Å². The Morgan fingerprint density at radius 2 is 1.97 bits per heavy atom. The highest BCUT2D eigenvalue weighted by molar-refractivity contribution is 7.89. The fraction of sp³-hybridized carbons (Fsp3) is 0.286. The van der Waals surface area contributed by atoms with Gasteiger partial charge in [0.15, 0.2) is 0 Å². The second kappa shape index (κ2) is 9.21. The van der Waals surface area contributed by atoms with Gasteiger partial charge in [-0.3, -0.25) is 0 Å². The van der Waals surface area contributed by atoms with E-state index in [-0.39, 0.29) is 23.5 Å². The summed E-state index contributed by atoms with van der Waals surface area (Å²) >= 11 is 0. The summed E-state index contributed by atoms with van der Waals surface area (Å²) < 4.78 is 42.9. The topological polar surface area (TPSA) is 82.1 Å². The minimum Gasteiger partial charge on any atom is -0.497 e. The second-order valence-corrected chi connectivity index (χ2v) is 8.34. The van der Waals surface area contributed by atoms with Gasteiger partial charge >= 0.3 is 5.97 Å². The van der Waals surface area contributed by atoms with Crippen LogP contribution in [0, 0.1) is 0 Å². The zero-order chi connectivity index (χ0) is 20.9. The Kier molecular flexibility index (Phi) is 6.68. The van der Waals surface area contributed by atoms with E-state index in [2.05, 4.69) is 6.58 Å². The standard InChI is InChI=1S/C21H23NO6S/c1-3-5-16-14-18(26-2)8-9-20(16)28-21(23)17-6-4-7-19(15-17)29(24,25)22-10-12-27-13-11-22/h3-4,6-9,14-15H,1,5,10-13H2,2H3. The van der Waals surface area contributed by atoms with Gasteiger partial charge in [0.05, 0.1) is 30.8 Å². The average Bonchev–Trinajstić information content (AvgIpc) is 2.75. The molecule has 0 unspecified atom stereocenters. The third-order valence-electron chi connectivity index (χ3n) is 4.51. The molecule has 1 aliphatic rings. The van der Waals surface area contributed by atoms with Gasteiger partial charge in [-0.05, 0) is 42.8 Å². The second-order valence-electron chi connectivity index (χ2n) is 6.40. The van der Waals surface area contributed by atoms with Crippen molar-refractivity contribution in [2.75, 3.05) is 33.4 Å². The summed E-state index contributed by atoms with van der Waals surface area (Å²) in [6.45, 7) is 4.99. The van der Waals surface area contributed by atoms with Gasteiger partial charge in [0.2, 0.25) is 10.0 Å². The van der Waals surface area contributed by atoms with Crippen LogP contribution in [0.2, 0.25) is 0 Å². The molecule has 1 heterocycles. The van der Waals surface area contributed by atoms with Crippen LogP contribution in [-0.2, 0) is 21.2 Å². The summed E-state index contributed by atoms with van der Waals surface area (Å²) in [4.78, 5) is 12.7. The Hall–Kier alpha value is -2.68. The molecule has 0 aliphatic carbocycles. The summed E-state index contributed by atoms with van der Waals surface area (Å²) in [5, 5.41) is 0. The van der Waals surface area contributed by atoms with Gasteiger partial charge in [-0.15, -0.1) is 6.58 Å². The number of methoxy groups -OCH3 is 1. The first-order valence-corrected chi connectivity index (χ1v) is 10.6. The van der Waals surface area contributed by atoms with Crippen LogP contribution in [0.4, 0.5) is 0 Å². The minimum absolute atomic E-state index is 0.0508. The highest BCUT2D eigenvalue weighted by Gasteiger charge is 2.27. The molecule has 1 saturated heterocycles. The molecular formula is C21H23NO6S. The maximum absolute atomic E-state index is 12.8. The molecule has 2 aromatic carbocycles. The molecule has 0 aromatic heterocycles.